The van der Waals surface area contributed by atoms with Gasteiger partial charge in [-0.15, -0.1) is 0 Å². The van der Waals surface area contributed by atoms with E-state index in [9.17, 15) is 0 Å². The molecule has 2 aromatic carbocycles. The van der Waals surface area contributed by atoms with Crippen LogP contribution in [0.1, 0.15) is 32.0 Å². The van der Waals surface area contributed by atoms with Gasteiger partial charge < -0.3 is 4.74 Å². The van der Waals surface area contributed by atoms with Gasteiger partial charge in [0.25, 0.3) is 5.82 Å². The summed E-state index contributed by atoms with van der Waals surface area (Å²) < 4.78 is 10.4. The van der Waals surface area contributed by atoms with Crippen LogP contribution in [-0.2, 0) is 13.0 Å². The van der Waals surface area contributed by atoms with Crippen LogP contribution in [-0.4, -0.2) is 11.2 Å². The molecule has 2 heterocycles. The van der Waals surface area contributed by atoms with Crippen LogP contribution < -0.4 is 9.30 Å². The number of aryl methyl sites for hydroxylation is 1. The lowest BCUT2D eigenvalue weighted by molar-refractivity contribution is -0.702. The Morgan fingerprint density at radius 2 is 1.77 bits per heavy atom. The SMILES string of the molecule is CCOc1ccc(-n2c(-c3ccc(Cl)cc3)c[n+]3c2CCCCC3)cc1. The van der Waals surface area contributed by atoms with Gasteiger partial charge in [0, 0.05) is 17.0 Å². The van der Waals surface area contributed by atoms with Crippen LogP contribution in [0.5, 0.6) is 5.75 Å². The third-order valence-electron chi connectivity index (χ3n) is 4.95. The fraction of sp³-hybridized carbons (Fsp3) is 0.318. The number of nitrogens with zero attached hydrogens (tertiary/aromatic N) is 2. The average Bonchev–Trinajstić information content (AvgIpc) is 2.86. The monoisotopic (exact) mass is 367 g/mol. The van der Waals surface area contributed by atoms with Crippen LogP contribution in [0.4, 0.5) is 0 Å². The van der Waals surface area contributed by atoms with Crippen molar-refractivity contribution in [2.75, 3.05) is 6.61 Å². The molecular weight excluding hydrogens is 344 g/mol. The largest absolute Gasteiger partial charge is 0.494 e. The van der Waals surface area contributed by atoms with Crippen molar-refractivity contribution < 1.29 is 9.30 Å². The number of hydrogen-bond acceptors (Lipinski definition) is 1. The molecule has 0 fully saturated rings. The number of halogens is 1. The molecule has 0 N–H and O–H groups in total. The van der Waals surface area contributed by atoms with E-state index in [4.69, 9.17) is 16.3 Å². The van der Waals surface area contributed by atoms with Crippen molar-refractivity contribution in [1.82, 2.24) is 4.57 Å². The second kappa shape index (κ2) is 7.55. The molecule has 4 heteroatoms. The summed E-state index contributed by atoms with van der Waals surface area (Å²) in [5.74, 6) is 2.28. The van der Waals surface area contributed by atoms with Crippen molar-refractivity contribution in [1.29, 1.82) is 0 Å². The number of hydrogen-bond donors (Lipinski definition) is 0. The smallest absolute Gasteiger partial charge is 0.262 e. The molecule has 0 radical (unpaired) electrons. The second-order valence-corrected chi connectivity index (χ2v) is 7.14. The van der Waals surface area contributed by atoms with Crippen molar-refractivity contribution in [2.45, 2.75) is 39.2 Å². The maximum absolute atomic E-state index is 6.10. The Balaban J connectivity index is 1.84. The van der Waals surface area contributed by atoms with Gasteiger partial charge in [-0.25, -0.2) is 4.57 Å². The third-order valence-corrected chi connectivity index (χ3v) is 5.21. The van der Waals surface area contributed by atoms with Crippen molar-refractivity contribution in [3.05, 3.63) is 65.6 Å². The van der Waals surface area contributed by atoms with Crippen LogP contribution in [0.25, 0.3) is 16.9 Å². The Hall–Kier alpha value is -2.26. The molecule has 0 unspecified atom stereocenters. The van der Waals surface area contributed by atoms with Gasteiger partial charge >= 0.3 is 0 Å². The molecule has 0 spiro atoms. The Labute approximate surface area is 159 Å². The van der Waals surface area contributed by atoms with E-state index in [2.05, 4.69) is 51.7 Å². The molecule has 0 atom stereocenters. The molecule has 0 aliphatic carbocycles. The molecule has 0 saturated carbocycles. The zero-order chi connectivity index (χ0) is 17.9. The van der Waals surface area contributed by atoms with Crippen molar-refractivity contribution in [2.24, 2.45) is 0 Å². The molecule has 0 amide bonds. The lowest BCUT2D eigenvalue weighted by Gasteiger charge is -2.07. The summed E-state index contributed by atoms with van der Waals surface area (Å²) >= 11 is 6.10. The van der Waals surface area contributed by atoms with E-state index >= 15 is 0 Å². The summed E-state index contributed by atoms with van der Waals surface area (Å²) in [5.41, 5.74) is 3.57. The third kappa shape index (κ3) is 3.36. The highest BCUT2D eigenvalue weighted by Gasteiger charge is 2.27. The first-order valence-electron chi connectivity index (χ1n) is 9.39. The minimum absolute atomic E-state index is 0.685. The minimum Gasteiger partial charge on any atom is -0.494 e. The van der Waals surface area contributed by atoms with E-state index in [1.165, 1.54) is 42.0 Å². The number of imidazole rings is 1. The van der Waals surface area contributed by atoms with Gasteiger partial charge in [-0.05, 0) is 74.7 Å². The van der Waals surface area contributed by atoms with Gasteiger partial charge in [-0.2, -0.15) is 4.57 Å². The lowest BCUT2D eigenvalue weighted by atomic mass is 10.1. The fourth-order valence-corrected chi connectivity index (χ4v) is 3.83. The van der Waals surface area contributed by atoms with Crippen molar-refractivity contribution in [3.63, 3.8) is 0 Å². The molecule has 3 nitrogen and oxygen atoms in total. The topological polar surface area (TPSA) is 18.0 Å². The summed E-state index contributed by atoms with van der Waals surface area (Å²) in [4.78, 5) is 0. The molecule has 26 heavy (non-hydrogen) atoms. The van der Waals surface area contributed by atoms with Crippen LogP contribution in [0.2, 0.25) is 5.02 Å². The van der Waals surface area contributed by atoms with Crippen molar-refractivity contribution >= 4 is 11.6 Å². The average molecular weight is 368 g/mol. The molecule has 1 aliphatic heterocycles. The van der Waals surface area contributed by atoms with E-state index in [0.29, 0.717) is 6.61 Å². The standard InChI is InChI=1S/C22H24ClN2O/c1-2-26-20-13-11-19(12-14-20)25-21(17-7-9-18(23)10-8-17)16-24-15-5-3-4-6-22(24)25/h7-14,16H,2-6,15H2,1H3/q+1. The first-order valence-corrected chi connectivity index (χ1v) is 9.77. The maximum Gasteiger partial charge on any atom is 0.262 e. The van der Waals surface area contributed by atoms with E-state index in [-0.39, 0.29) is 0 Å². The number of aromatic nitrogens is 2. The van der Waals surface area contributed by atoms with Gasteiger partial charge in [0.2, 0.25) is 0 Å². The molecule has 4 rings (SSSR count). The molecule has 1 aliphatic rings. The highest BCUT2D eigenvalue weighted by Crippen LogP contribution is 2.28. The van der Waals surface area contributed by atoms with Crippen LogP contribution in [0.3, 0.4) is 0 Å². The molecule has 134 valence electrons. The zero-order valence-corrected chi connectivity index (χ0v) is 15.9. The van der Waals surface area contributed by atoms with Gasteiger partial charge in [-0.1, -0.05) is 11.6 Å². The predicted octanol–water partition coefficient (Wildman–Crippen LogP) is 5.21. The van der Waals surface area contributed by atoms with Gasteiger partial charge in [0.05, 0.1) is 13.2 Å². The van der Waals surface area contributed by atoms with Crippen LogP contribution in [0.15, 0.2) is 54.7 Å². The van der Waals surface area contributed by atoms with Crippen LogP contribution in [0, 0.1) is 0 Å². The zero-order valence-electron chi connectivity index (χ0n) is 15.1. The predicted molar refractivity (Wildman–Crippen MR) is 105 cm³/mol. The molecular formula is C22H24ClN2O+. The Morgan fingerprint density at radius 3 is 2.50 bits per heavy atom. The number of benzene rings is 2. The summed E-state index contributed by atoms with van der Waals surface area (Å²) in [5, 5.41) is 0.766. The van der Waals surface area contributed by atoms with E-state index < -0.39 is 0 Å². The summed E-state index contributed by atoms with van der Waals surface area (Å²) in [6.45, 7) is 3.78. The Bertz CT molecular complexity index is 882. The van der Waals surface area contributed by atoms with Gasteiger partial charge in [0.1, 0.15) is 17.6 Å². The maximum atomic E-state index is 6.10. The normalized spacial score (nSPS) is 13.9. The lowest BCUT2D eigenvalue weighted by Crippen LogP contribution is -2.35. The number of fused-ring (bicyclic) bond motifs is 1. The highest BCUT2D eigenvalue weighted by atomic mass is 35.5. The van der Waals surface area contributed by atoms with E-state index in [0.717, 1.165) is 23.7 Å². The molecule has 3 aromatic rings. The first kappa shape index (κ1) is 17.2. The summed E-state index contributed by atoms with van der Waals surface area (Å²) in [6, 6.07) is 16.5. The number of rotatable bonds is 4. The fourth-order valence-electron chi connectivity index (χ4n) is 3.71. The van der Waals surface area contributed by atoms with Gasteiger partial charge in [0.15, 0.2) is 5.69 Å². The Morgan fingerprint density at radius 1 is 1.00 bits per heavy atom. The van der Waals surface area contributed by atoms with Crippen LogP contribution >= 0.6 is 11.6 Å². The van der Waals surface area contributed by atoms with Gasteiger partial charge in [-0.3, -0.25) is 0 Å². The number of ether oxygens (including phenoxy) is 1. The molecule has 1 aromatic heterocycles. The van der Waals surface area contributed by atoms with E-state index in [1.807, 2.05) is 19.1 Å². The quantitative estimate of drug-likeness (QED) is 0.579. The molecule has 0 saturated heterocycles. The van der Waals surface area contributed by atoms with Crippen molar-refractivity contribution in [3.8, 4) is 22.7 Å². The summed E-state index contributed by atoms with van der Waals surface area (Å²) in [6.07, 6.45) is 7.16. The Kier molecular flexibility index (Phi) is 4.98. The first-order chi connectivity index (χ1) is 12.8. The summed E-state index contributed by atoms with van der Waals surface area (Å²) in [7, 11) is 0. The molecule has 0 bridgehead atoms. The van der Waals surface area contributed by atoms with E-state index in [1.54, 1.807) is 0 Å². The minimum atomic E-state index is 0.685. The second-order valence-electron chi connectivity index (χ2n) is 6.70. The highest BCUT2D eigenvalue weighted by molar-refractivity contribution is 6.30.